The van der Waals surface area contributed by atoms with Crippen molar-refractivity contribution in [3.05, 3.63) is 44.9 Å². The molecule has 0 saturated carbocycles. The first-order valence-corrected chi connectivity index (χ1v) is 8.77. The summed E-state index contributed by atoms with van der Waals surface area (Å²) in [6.45, 7) is 3.75. The number of benzene rings is 1. The van der Waals surface area contributed by atoms with Crippen LogP contribution in [0, 0.1) is 0 Å². The van der Waals surface area contributed by atoms with Gasteiger partial charge >= 0.3 is 0 Å². The average molecular weight is 408 g/mol. The lowest BCUT2D eigenvalue weighted by atomic mass is 10.1. The van der Waals surface area contributed by atoms with E-state index < -0.39 is 0 Å². The normalized spacial score (nSPS) is 15.2. The molecule has 0 spiro atoms. The third-order valence-electron chi connectivity index (χ3n) is 3.79. The maximum atomic E-state index is 12.6. The number of anilines is 1. The molecule has 24 heavy (non-hydrogen) atoms. The Hall–Kier alpha value is -1.05. The Morgan fingerprint density at radius 1 is 1.25 bits per heavy atom. The fourth-order valence-corrected chi connectivity index (χ4v) is 3.67. The van der Waals surface area contributed by atoms with Crippen LogP contribution in [0.2, 0.25) is 10.0 Å². The molecule has 5 nitrogen and oxygen atoms in total. The minimum atomic E-state index is -0.0702. The molecule has 1 aromatic heterocycles. The quantitative estimate of drug-likeness (QED) is 0.847. The van der Waals surface area contributed by atoms with Gasteiger partial charge in [-0.15, -0.1) is 23.7 Å². The minimum Gasteiger partial charge on any atom is -0.375 e. The van der Waals surface area contributed by atoms with Crippen LogP contribution in [0.1, 0.15) is 15.2 Å². The second-order valence-corrected chi connectivity index (χ2v) is 7.27. The highest BCUT2D eigenvalue weighted by Crippen LogP contribution is 2.27. The summed E-state index contributed by atoms with van der Waals surface area (Å²) in [5.74, 6) is -0.0702. The molecule has 0 bridgehead atoms. The van der Waals surface area contributed by atoms with E-state index in [0.29, 0.717) is 33.8 Å². The van der Waals surface area contributed by atoms with Crippen molar-refractivity contribution >= 4 is 58.0 Å². The van der Waals surface area contributed by atoms with Crippen molar-refractivity contribution in [2.45, 2.75) is 6.54 Å². The highest BCUT2D eigenvalue weighted by atomic mass is 35.5. The summed E-state index contributed by atoms with van der Waals surface area (Å²) in [6.07, 6.45) is 1.81. The van der Waals surface area contributed by atoms with Gasteiger partial charge in [-0.05, 0) is 12.1 Å². The second-order valence-electron chi connectivity index (χ2n) is 5.33. The molecule has 0 radical (unpaired) electrons. The van der Waals surface area contributed by atoms with E-state index in [0.717, 1.165) is 24.5 Å². The minimum absolute atomic E-state index is 0. The SMILES string of the molecule is Cl.Nc1ncc(CN2CCN(C(=O)c3cccc(Cl)c3Cl)CC2)s1. The molecular formula is C15H17Cl3N4OS. The number of carbonyl (C=O) groups excluding carboxylic acids is 1. The van der Waals surface area contributed by atoms with Crippen molar-refractivity contribution in [2.24, 2.45) is 0 Å². The Morgan fingerprint density at radius 3 is 2.58 bits per heavy atom. The van der Waals surface area contributed by atoms with Gasteiger partial charge in [-0.1, -0.05) is 29.3 Å². The van der Waals surface area contributed by atoms with E-state index in [-0.39, 0.29) is 18.3 Å². The smallest absolute Gasteiger partial charge is 0.255 e. The summed E-state index contributed by atoms with van der Waals surface area (Å²) in [7, 11) is 0. The Labute approximate surface area is 160 Å². The van der Waals surface area contributed by atoms with E-state index in [1.165, 1.54) is 11.3 Å². The second kappa shape index (κ2) is 8.36. The molecule has 2 aromatic rings. The molecule has 9 heteroatoms. The van der Waals surface area contributed by atoms with Crippen LogP contribution in [-0.4, -0.2) is 46.9 Å². The van der Waals surface area contributed by atoms with Crippen molar-refractivity contribution in [1.29, 1.82) is 0 Å². The predicted molar refractivity (Wildman–Crippen MR) is 101 cm³/mol. The fourth-order valence-electron chi connectivity index (χ4n) is 2.56. The Balaban J connectivity index is 0.00000208. The van der Waals surface area contributed by atoms with Crippen LogP contribution in [-0.2, 0) is 6.54 Å². The van der Waals surface area contributed by atoms with Crippen molar-refractivity contribution in [1.82, 2.24) is 14.8 Å². The number of thiazole rings is 1. The van der Waals surface area contributed by atoms with Gasteiger partial charge < -0.3 is 10.6 Å². The Kier molecular flexibility index (Phi) is 6.71. The molecule has 1 amide bonds. The molecule has 1 saturated heterocycles. The summed E-state index contributed by atoms with van der Waals surface area (Å²) in [4.78, 5) is 21.9. The van der Waals surface area contributed by atoms with E-state index in [1.807, 2.05) is 11.1 Å². The van der Waals surface area contributed by atoms with Crippen LogP contribution in [0.3, 0.4) is 0 Å². The first-order valence-electron chi connectivity index (χ1n) is 7.20. The molecule has 3 rings (SSSR count). The standard InChI is InChI=1S/C15H16Cl2N4OS.ClH/c16-12-3-1-2-11(13(12)17)14(22)21-6-4-20(5-7-21)9-10-8-19-15(18)23-10;/h1-3,8H,4-7,9H2,(H2,18,19);1H. The number of halogens is 3. The largest absolute Gasteiger partial charge is 0.375 e. The molecule has 130 valence electrons. The molecule has 1 aliphatic rings. The maximum absolute atomic E-state index is 12.6. The van der Waals surface area contributed by atoms with Gasteiger partial charge in [0.1, 0.15) is 0 Å². The van der Waals surface area contributed by atoms with Crippen molar-refractivity contribution in [3.8, 4) is 0 Å². The van der Waals surface area contributed by atoms with Gasteiger partial charge in [0, 0.05) is 43.8 Å². The number of nitrogens with zero attached hydrogens (tertiary/aromatic N) is 3. The third-order valence-corrected chi connectivity index (χ3v) is 5.42. The summed E-state index contributed by atoms with van der Waals surface area (Å²) in [6, 6.07) is 5.13. The molecule has 2 heterocycles. The zero-order valence-electron chi connectivity index (χ0n) is 12.7. The highest BCUT2D eigenvalue weighted by molar-refractivity contribution is 7.15. The van der Waals surface area contributed by atoms with Crippen LogP contribution in [0.15, 0.2) is 24.4 Å². The monoisotopic (exact) mass is 406 g/mol. The number of rotatable bonds is 3. The van der Waals surface area contributed by atoms with Gasteiger partial charge in [0.25, 0.3) is 5.91 Å². The number of nitrogen functional groups attached to an aromatic ring is 1. The average Bonchev–Trinajstić information content (AvgIpc) is 2.95. The highest BCUT2D eigenvalue weighted by Gasteiger charge is 2.24. The first-order chi connectivity index (χ1) is 11.0. The Bertz CT molecular complexity index is 716. The zero-order chi connectivity index (χ0) is 16.4. The van der Waals surface area contributed by atoms with Gasteiger partial charge in [-0.2, -0.15) is 0 Å². The molecule has 1 aliphatic heterocycles. The van der Waals surface area contributed by atoms with E-state index >= 15 is 0 Å². The molecule has 2 N–H and O–H groups in total. The number of amides is 1. The van der Waals surface area contributed by atoms with E-state index in [2.05, 4.69) is 9.88 Å². The van der Waals surface area contributed by atoms with Crippen LogP contribution in [0.4, 0.5) is 5.13 Å². The summed E-state index contributed by atoms with van der Waals surface area (Å²) >= 11 is 13.6. The summed E-state index contributed by atoms with van der Waals surface area (Å²) in [5.41, 5.74) is 6.11. The number of nitrogens with two attached hydrogens (primary N) is 1. The maximum Gasteiger partial charge on any atom is 0.255 e. The lowest BCUT2D eigenvalue weighted by Crippen LogP contribution is -2.48. The predicted octanol–water partition coefficient (Wildman–Crippen LogP) is 3.41. The van der Waals surface area contributed by atoms with Crippen LogP contribution < -0.4 is 5.73 Å². The number of aromatic nitrogens is 1. The van der Waals surface area contributed by atoms with Gasteiger partial charge in [-0.3, -0.25) is 9.69 Å². The van der Waals surface area contributed by atoms with Crippen molar-refractivity contribution in [2.75, 3.05) is 31.9 Å². The molecule has 0 unspecified atom stereocenters. The molecular weight excluding hydrogens is 391 g/mol. The van der Waals surface area contributed by atoms with Gasteiger partial charge in [0.05, 0.1) is 15.6 Å². The van der Waals surface area contributed by atoms with Crippen LogP contribution in [0.25, 0.3) is 0 Å². The zero-order valence-corrected chi connectivity index (χ0v) is 15.9. The van der Waals surface area contributed by atoms with Gasteiger partial charge in [0.2, 0.25) is 0 Å². The van der Waals surface area contributed by atoms with Crippen molar-refractivity contribution in [3.63, 3.8) is 0 Å². The van der Waals surface area contributed by atoms with Gasteiger partial charge in [0.15, 0.2) is 5.13 Å². The fraction of sp³-hybridized carbons (Fsp3) is 0.333. The lowest BCUT2D eigenvalue weighted by Gasteiger charge is -2.34. The summed E-state index contributed by atoms with van der Waals surface area (Å²) < 4.78 is 0. The number of hydrogen-bond acceptors (Lipinski definition) is 5. The van der Waals surface area contributed by atoms with E-state index in [4.69, 9.17) is 28.9 Å². The van der Waals surface area contributed by atoms with E-state index in [9.17, 15) is 4.79 Å². The molecule has 1 aromatic carbocycles. The van der Waals surface area contributed by atoms with Crippen molar-refractivity contribution < 1.29 is 4.79 Å². The van der Waals surface area contributed by atoms with Gasteiger partial charge in [-0.25, -0.2) is 4.98 Å². The first kappa shape index (κ1) is 19.3. The van der Waals surface area contributed by atoms with Crippen LogP contribution >= 0.6 is 46.9 Å². The summed E-state index contributed by atoms with van der Waals surface area (Å²) in [5, 5.41) is 1.31. The van der Waals surface area contributed by atoms with E-state index in [1.54, 1.807) is 18.2 Å². The Morgan fingerprint density at radius 2 is 1.96 bits per heavy atom. The molecule has 0 aliphatic carbocycles. The topological polar surface area (TPSA) is 62.5 Å². The number of hydrogen-bond donors (Lipinski definition) is 1. The lowest BCUT2D eigenvalue weighted by molar-refractivity contribution is 0.0629. The third kappa shape index (κ3) is 4.32. The number of piperazine rings is 1. The molecule has 0 atom stereocenters. The van der Waals surface area contributed by atoms with Crippen LogP contribution in [0.5, 0.6) is 0 Å². The molecule has 1 fully saturated rings. The number of carbonyl (C=O) groups is 1.